The van der Waals surface area contributed by atoms with Crippen molar-refractivity contribution in [1.29, 1.82) is 0 Å². The molecule has 5 nitrogen and oxygen atoms in total. The highest BCUT2D eigenvalue weighted by Crippen LogP contribution is 2.19. The summed E-state index contributed by atoms with van der Waals surface area (Å²) in [7, 11) is 0. The van der Waals surface area contributed by atoms with Crippen molar-refractivity contribution in [1.82, 2.24) is 14.5 Å². The average Bonchev–Trinajstić information content (AvgIpc) is 3.09. The molecular formula is C15H28N4O. The third-order valence-corrected chi connectivity index (χ3v) is 3.94. The van der Waals surface area contributed by atoms with E-state index in [-0.39, 0.29) is 0 Å². The van der Waals surface area contributed by atoms with Gasteiger partial charge in [0.05, 0.1) is 0 Å². The van der Waals surface area contributed by atoms with Crippen LogP contribution in [0.4, 0.5) is 5.95 Å². The molecule has 5 heteroatoms. The molecule has 114 valence electrons. The second kappa shape index (κ2) is 8.27. The molecule has 0 amide bonds. The van der Waals surface area contributed by atoms with Gasteiger partial charge in [0.25, 0.3) is 0 Å². The summed E-state index contributed by atoms with van der Waals surface area (Å²) in [6.45, 7) is 11.5. The number of nitrogens with zero attached hydrogens (tertiary/aromatic N) is 3. The summed E-state index contributed by atoms with van der Waals surface area (Å²) in [4.78, 5) is 6.94. The van der Waals surface area contributed by atoms with E-state index >= 15 is 0 Å². The number of hydrogen-bond donors (Lipinski definition) is 1. The van der Waals surface area contributed by atoms with Crippen LogP contribution in [0.5, 0.6) is 0 Å². The molecule has 0 spiro atoms. The fraction of sp³-hybridized carbons (Fsp3) is 0.800. The third kappa shape index (κ3) is 4.49. The third-order valence-electron chi connectivity index (χ3n) is 3.94. The quantitative estimate of drug-likeness (QED) is 0.703. The lowest BCUT2D eigenvalue weighted by Crippen LogP contribution is -2.21. The van der Waals surface area contributed by atoms with Crippen LogP contribution in [0.1, 0.15) is 26.7 Å². The first-order chi connectivity index (χ1) is 9.83. The number of nitrogens with one attached hydrogen (secondary N) is 1. The number of ether oxygens (including phenoxy) is 1. The van der Waals surface area contributed by atoms with Gasteiger partial charge in [0.2, 0.25) is 5.95 Å². The topological polar surface area (TPSA) is 42.3 Å². The largest absolute Gasteiger partial charge is 0.382 e. The van der Waals surface area contributed by atoms with Crippen LogP contribution in [0.2, 0.25) is 0 Å². The Kier molecular flexibility index (Phi) is 6.33. The summed E-state index contributed by atoms with van der Waals surface area (Å²) in [5.74, 6) is 1.75. The van der Waals surface area contributed by atoms with Gasteiger partial charge in [0.15, 0.2) is 0 Å². The molecule has 2 heterocycles. The summed E-state index contributed by atoms with van der Waals surface area (Å²) in [6, 6.07) is 0. The zero-order valence-corrected chi connectivity index (χ0v) is 12.8. The normalized spacial score (nSPS) is 19.6. The lowest BCUT2D eigenvalue weighted by molar-refractivity contribution is 0.147. The Morgan fingerprint density at radius 3 is 3.10 bits per heavy atom. The van der Waals surface area contributed by atoms with E-state index in [0.29, 0.717) is 0 Å². The summed E-state index contributed by atoms with van der Waals surface area (Å²) in [6.07, 6.45) is 6.29. The predicted octanol–water partition coefficient (Wildman–Crippen LogP) is 2.06. The highest BCUT2D eigenvalue weighted by atomic mass is 16.5. The molecule has 0 radical (unpaired) electrons. The molecule has 1 fully saturated rings. The van der Waals surface area contributed by atoms with Crippen molar-refractivity contribution in [2.45, 2.75) is 33.2 Å². The second-order valence-corrected chi connectivity index (χ2v) is 5.43. The van der Waals surface area contributed by atoms with E-state index in [0.717, 1.165) is 44.6 Å². The zero-order valence-electron chi connectivity index (χ0n) is 12.8. The van der Waals surface area contributed by atoms with Gasteiger partial charge in [-0.3, -0.25) is 0 Å². The molecule has 0 aliphatic carbocycles. The fourth-order valence-corrected chi connectivity index (χ4v) is 2.77. The first-order valence-electron chi connectivity index (χ1n) is 7.88. The summed E-state index contributed by atoms with van der Waals surface area (Å²) < 4.78 is 7.60. The van der Waals surface area contributed by atoms with E-state index in [1.807, 2.05) is 13.1 Å². The molecule has 1 atom stereocenters. The Morgan fingerprint density at radius 1 is 1.45 bits per heavy atom. The molecule has 1 aromatic heterocycles. The van der Waals surface area contributed by atoms with Crippen molar-refractivity contribution < 1.29 is 4.74 Å². The average molecular weight is 280 g/mol. The summed E-state index contributed by atoms with van der Waals surface area (Å²) in [5.41, 5.74) is 0. The van der Waals surface area contributed by atoms with E-state index in [1.165, 1.54) is 26.1 Å². The first-order valence-corrected chi connectivity index (χ1v) is 7.88. The van der Waals surface area contributed by atoms with E-state index < -0.39 is 0 Å². The van der Waals surface area contributed by atoms with Crippen molar-refractivity contribution in [3.63, 3.8) is 0 Å². The molecular weight excluding hydrogens is 252 g/mol. The molecule has 1 aromatic rings. The highest BCUT2D eigenvalue weighted by Gasteiger charge is 2.21. The molecule has 1 aliphatic rings. The van der Waals surface area contributed by atoms with Crippen molar-refractivity contribution in [3.8, 4) is 0 Å². The number of rotatable bonds is 9. The van der Waals surface area contributed by atoms with E-state index in [1.54, 1.807) is 0 Å². The van der Waals surface area contributed by atoms with Crippen LogP contribution in [0.3, 0.4) is 0 Å². The number of aromatic nitrogens is 2. The molecule has 1 unspecified atom stereocenters. The number of imidazole rings is 1. The van der Waals surface area contributed by atoms with Crippen LogP contribution in [0, 0.1) is 5.92 Å². The van der Waals surface area contributed by atoms with Crippen molar-refractivity contribution in [2.75, 3.05) is 44.7 Å². The molecule has 1 aliphatic heterocycles. The van der Waals surface area contributed by atoms with Gasteiger partial charge < -0.3 is 19.5 Å². The maximum Gasteiger partial charge on any atom is 0.202 e. The molecule has 20 heavy (non-hydrogen) atoms. The van der Waals surface area contributed by atoms with Crippen molar-refractivity contribution in [3.05, 3.63) is 12.4 Å². The monoisotopic (exact) mass is 280 g/mol. The van der Waals surface area contributed by atoms with Crippen LogP contribution in [-0.2, 0) is 11.3 Å². The lowest BCUT2D eigenvalue weighted by atomic mass is 10.1. The van der Waals surface area contributed by atoms with Crippen LogP contribution >= 0.6 is 0 Å². The maximum absolute atomic E-state index is 5.34. The van der Waals surface area contributed by atoms with Crippen LogP contribution < -0.4 is 5.32 Å². The second-order valence-electron chi connectivity index (χ2n) is 5.43. The number of anilines is 1. The van der Waals surface area contributed by atoms with Crippen molar-refractivity contribution in [2.24, 2.45) is 5.92 Å². The Balaban J connectivity index is 1.74. The Hall–Kier alpha value is -1.07. The molecule has 1 N–H and O–H groups in total. The lowest BCUT2D eigenvalue weighted by Gasteiger charge is -2.15. The van der Waals surface area contributed by atoms with Crippen molar-refractivity contribution >= 4 is 5.95 Å². The van der Waals surface area contributed by atoms with Gasteiger partial charge in [-0.2, -0.15) is 0 Å². The minimum atomic E-state index is 0.758. The SMILES string of the molecule is CCOCCCNc1nccn1CC1CCN(CC)C1. The van der Waals surface area contributed by atoms with Crippen LogP contribution in [0.25, 0.3) is 0 Å². The smallest absolute Gasteiger partial charge is 0.202 e. The fourth-order valence-electron chi connectivity index (χ4n) is 2.77. The van der Waals surface area contributed by atoms with E-state index in [9.17, 15) is 0 Å². The maximum atomic E-state index is 5.34. The van der Waals surface area contributed by atoms with Gasteiger partial charge in [-0.1, -0.05) is 6.92 Å². The summed E-state index contributed by atoms with van der Waals surface area (Å²) >= 11 is 0. The zero-order chi connectivity index (χ0) is 14.2. The van der Waals surface area contributed by atoms with Gasteiger partial charge in [-0.25, -0.2) is 4.98 Å². The molecule has 0 bridgehead atoms. The molecule has 0 aromatic carbocycles. The Morgan fingerprint density at radius 2 is 2.35 bits per heavy atom. The van der Waals surface area contributed by atoms with Crippen LogP contribution in [-0.4, -0.2) is 53.8 Å². The van der Waals surface area contributed by atoms with E-state index in [2.05, 4.69) is 32.9 Å². The Bertz CT molecular complexity index is 380. The van der Waals surface area contributed by atoms with Gasteiger partial charge in [-0.15, -0.1) is 0 Å². The first kappa shape index (κ1) is 15.3. The van der Waals surface area contributed by atoms with E-state index in [4.69, 9.17) is 4.74 Å². The van der Waals surface area contributed by atoms with Crippen LogP contribution in [0.15, 0.2) is 12.4 Å². The molecule has 1 saturated heterocycles. The minimum absolute atomic E-state index is 0.758. The summed E-state index contributed by atoms with van der Waals surface area (Å²) in [5, 5.41) is 3.41. The minimum Gasteiger partial charge on any atom is -0.382 e. The molecule has 2 rings (SSSR count). The molecule has 0 saturated carbocycles. The number of hydrogen-bond acceptors (Lipinski definition) is 4. The number of likely N-dealkylation sites (tertiary alicyclic amines) is 1. The van der Waals surface area contributed by atoms with Gasteiger partial charge in [0, 0.05) is 45.2 Å². The highest BCUT2D eigenvalue weighted by molar-refractivity contribution is 5.25. The van der Waals surface area contributed by atoms with Gasteiger partial charge in [-0.05, 0) is 38.8 Å². The van der Waals surface area contributed by atoms with Gasteiger partial charge in [0.1, 0.15) is 0 Å². The predicted molar refractivity (Wildman–Crippen MR) is 82.0 cm³/mol. The van der Waals surface area contributed by atoms with Gasteiger partial charge >= 0.3 is 0 Å². The standard InChI is InChI=1S/C15H28N4O/c1-3-18-9-6-14(12-18)13-19-10-8-17-15(19)16-7-5-11-20-4-2/h8,10,14H,3-7,9,11-13H2,1-2H3,(H,16,17). The Labute approximate surface area is 122 Å².